The van der Waals surface area contributed by atoms with Crippen molar-refractivity contribution < 1.29 is 14.2 Å². The van der Waals surface area contributed by atoms with E-state index in [0.717, 1.165) is 55.8 Å². The summed E-state index contributed by atoms with van der Waals surface area (Å²) in [7, 11) is 0. The number of unbranched alkanes of at least 4 members (excludes halogenated alkanes) is 3. The molecular formula is C42H45BrO3Sn. The molecule has 0 N–H and O–H groups in total. The first-order valence-corrected chi connectivity index (χ1v) is 27.9. The molecule has 0 heterocycles. The van der Waals surface area contributed by atoms with Crippen LogP contribution in [0.1, 0.15) is 59.3 Å². The standard InChI is InChI=1S/3C14H15O.BrH.Sn/c3*1-2-3-10-15-14-9-8-12-6-4-5-7-13(12)11-14;;/h3*4-9H,2-3,10H2,1H3;1H;/q;;;;+1/p-1. The van der Waals surface area contributed by atoms with Crippen LogP contribution in [-0.4, -0.2) is 36.0 Å². The van der Waals surface area contributed by atoms with Crippen molar-refractivity contribution in [3.63, 3.8) is 0 Å². The molecule has 6 aromatic carbocycles. The van der Waals surface area contributed by atoms with Crippen molar-refractivity contribution in [3.05, 3.63) is 109 Å². The molecule has 3 nitrogen and oxygen atoms in total. The van der Waals surface area contributed by atoms with Crippen LogP contribution in [0.25, 0.3) is 32.3 Å². The van der Waals surface area contributed by atoms with E-state index in [2.05, 4.69) is 130 Å². The van der Waals surface area contributed by atoms with E-state index in [0.29, 0.717) is 19.8 Å². The van der Waals surface area contributed by atoms with E-state index in [4.69, 9.17) is 26.9 Å². The van der Waals surface area contributed by atoms with Crippen LogP contribution in [0.15, 0.2) is 109 Å². The second-order valence-electron chi connectivity index (χ2n) is 12.2. The summed E-state index contributed by atoms with van der Waals surface area (Å²) in [6.45, 7) is 8.64. The van der Waals surface area contributed by atoms with E-state index in [-0.39, 0.29) is 0 Å². The van der Waals surface area contributed by atoms with Crippen LogP contribution in [0.2, 0.25) is 0 Å². The third kappa shape index (κ3) is 6.87. The Morgan fingerprint density at radius 3 is 1.02 bits per heavy atom. The Morgan fingerprint density at radius 2 is 0.723 bits per heavy atom. The van der Waals surface area contributed by atoms with E-state index in [9.17, 15) is 0 Å². The van der Waals surface area contributed by atoms with Gasteiger partial charge in [0.25, 0.3) is 0 Å². The van der Waals surface area contributed by atoms with Crippen LogP contribution in [0.5, 0.6) is 17.2 Å². The first kappa shape index (κ1) is 33.7. The molecule has 0 spiro atoms. The van der Waals surface area contributed by atoms with E-state index in [1.54, 1.807) is 0 Å². The Bertz CT molecular complexity index is 1750. The van der Waals surface area contributed by atoms with Gasteiger partial charge >= 0.3 is 292 Å². The molecule has 0 unspecified atom stereocenters. The van der Waals surface area contributed by atoms with Gasteiger partial charge in [0, 0.05) is 0 Å². The Balaban J connectivity index is 1.81. The quantitative estimate of drug-likeness (QED) is 0.0766. The Labute approximate surface area is 289 Å². The number of benzene rings is 6. The molecule has 0 aliphatic heterocycles. The van der Waals surface area contributed by atoms with E-state index in [1.165, 1.54) is 43.1 Å². The van der Waals surface area contributed by atoms with E-state index in [1.807, 2.05) is 0 Å². The zero-order chi connectivity index (χ0) is 32.6. The van der Waals surface area contributed by atoms with Gasteiger partial charge in [0.05, 0.1) is 0 Å². The molecule has 242 valence electrons. The predicted octanol–water partition coefficient (Wildman–Crippen LogP) is 10.0. The van der Waals surface area contributed by atoms with Crippen LogP contribution >= 0.6 is 12.7 Å². The Hall–Kier alpha value is -3.22. The number of ether oxygens (including phenoxy) is 3. The third-order valence-electron chi connectivity index (χ3n) is 8.97. The molecule has 6 aromatic rings. The maximum atomic E-state index is 6.82. The predicted molar refractivity (Wildman–Crippen MR) is 207 cm³/mol. The maximum absolute atomic E-state index is 6.82. The van der Waals surface area contributed by atoms with Crippen molar-refractivity contribution in [2.24, 2.45) is 0 Å². The second kappa shape index (κ2) is 15.8. The first-order chi connectivity index (χ1) is 23.1. The molecule has 47 heavy (non-hydrogen) atoms. The molecule has 0 bridgehead atoms. The molecule has 0 radical (unpaired) electrons. The van der Waals surface area contributed by atoms with Gasteiger partial charge in [-0.1, -0.05) is 0 Å². The summed E-state index contributed by atoms with van der Waals surface area (Å²) in [6.07, 6.45) is 6.21. The number of hydrogen-bond donors (Lipinski definition) is 0. The molecule has 0 saturated heterocycles. The number of fused-ring (bicyclic) bond motifs is 3. The van der Waals surface area contributed by atoms with Gasteiger partial charge in [-0.05, 0) is 0 Å². The summed E-state index contributed by atoms with van der Waals surface area (Å²) in [6, 6.07) is 39.6. The molecule has 5 heteroatoms. The van der Waals surface area contributed by atoms with Crippen molar-refractivity contribution in [1.29, 1.82) is 0 Å². The van der Waals surface area contributed by atoms with Gasteiger partial charge < -0.3 is 0 Å². The zero-order valence-electron chi connectivity index (χ0n) is 27.9. The molecule has 0 amide bonds. The minimum atomic E-state index is -4.43. The fourth-order valence-electron chi connectivity index (χ4n) is 6.54. The van der Waals surface area contributed by atoms with Crippen molar-refractivity contribution in [2.45, 2.75) is 59.3 Å². The fraction of sp³-hybridized carbons (Fsp3) is 0.286. The second-order valence-corrected chi connectivity index (χ2v) is 28.3. The molecule has 0 fully saturated rings. The average molecular weight is 796 g/mol. The molecular weight excluding hydrogens is 751 g/mol. The van der Waals surface area contributed by atoms with Gasteiger partial charge in [0.15, 0.2) is 0 Å². The Morgan fingerprint density at radius 1 is 0.426 bits per heavy atom. The van der Waals surface area contributed by atoms with Crippen LogP contribution < -0.4 is 24.9 Å². The number of rotatable bonds is 15. The average Bonchev–Trinajstić information content (AvgIpc) is 3.11. The molecule has 0 atom stereocenters. The Kier molecular flexibility index (Phi) is 11.3. The van der Waals surface area contributed by atoms with Gasteiger partial charge in [0.2, 0.25) is 0 Å². The molecule has 0 aromatic heterocycles. The van der Waals surface area contributed by atoms with Gasteiger partial charge in [0.1, 0.15) is 0 Å². The zero-order valence-corrected chi connectivity index (χ0v) is 32.3. The van der Waals surface area contributed by atoms with Crippen LogP contribution in [0, 0.1) is 0 Å². The fourth-order valence-corrected chi connectivity index (χ4v) is 26.3. The minimum absolute atomic E-state index is 0.668. The summed E-state index contributed by atoms with van der Waals surface area (Å²) in [5.41, 5.74) is 0. The summed E-state index contributed by atoms with van der Waals surface area (Å²) in [4.78, 5) is 0. The number of halogens is 1. The topological polar surface area (TPSA) is 27.7 Å². The van der Waals surface area contributed by atoms with Crippen molar-refractivity contribution in [3.8, 4) is 17.2 Å². The van der Waals surface area contributed by atoms with Crippen molar-refractivity contribution in [1.82, 2.24) is 0 Å². The third-order valence-corrected chi connectivity index (χ3v) is 27.3. The summed E-state index contributed by atoms with van der Waals surface area (Å²) in [5.74, 6) is 2.85. The van der Waals surface area contributed by atoms with E-state index < -0.39 is 16.2 Å². The van der Waals surface area contributed by atoms with Gasteiger partial charge in [-0.2, -0.15) is 0 Å². The van der Waals surface area contributed by atoms with Gasteiger partial charge in [-0.15, -0.1) is 0 Å². The monoisotopic (exact) mass is 796 g/mol. The van der Waals surface area contributed by atoms with Crippen molar-refractivity contribution in [2.75, 3.05) is 19.8 Å². The summed E-state index contributed by atoms with van der Waals surface area (Å²) >= 11 is 0.389. The van der Waals surface area contributed by atoms with Crippen LogP contribution in [-0.2, 0) is 0 Å². The van der Waals surface area contributed by atoms with E-state index >= 15 is 0 Å². The molecule has 0 saturated carbocycles. The number of hydrogen-bond acceptors (Lipinski definition) is 3. The molecule has 6 rings (SSSR count). The first-order valence-electron chi connectivity index (χ1n) is 17.3. The van der Waals surface area contributed by atoms with Gasteiger partial charge in [-0.3, -0.25) is 0 Å². The molecule has 0 aliphatic carbocycles. The summed E-state index contributed by atoms with van der Waals surface area (Å²) in [5, 5.41) is 7.26. The van der Waals surface area contributed by atoms with Crippen LogP contribution in [0.3, 0.4) is 0 Å². The summed E-state index contributed by atoms with van der Waals surface area (Å²) < 4.78 is 24.2. The normalized spacial score (nSPS) is 11.7. The SMILES string of the molecule is CCCCOc1ccc2ccccc2[c]1[Sn]([Br])([c]1c(OCCCC)ccc2ccccc12)[c]1c(OCCCC)ccc2ccccc12. The van der Waals surface area contributed by atoms with Crippen molar-refractivity contribution >= 4 is 71.9 Å². The van der Waals surface area contributed by atoms with Gasteiger partial charge in [-0.25, -0.2) is 0 Å². The molecule has 0 aliphatic rings. The van der Waals surface area contributed by atoms with Crippen LogP contribution in [0.4, 0.5) is 0 Å².